The fourth-order valence-corrected chi connectivity index (χ4v) is 7.97. The van der Waals surface area contributed by atoms with E-state index in [2.05, 4.69) is 11.0 Å². The van der Waals surface area contributed by atoms with E-state index in [4.69, 9.17) is 4.74 Å². The minimum atomic E-state index is -1.44. The van der Waals surface area contributed by atoms with Crippen LogP contribution in [0.4, 0.5) is 5.69 Å². The van der Waals surface area contributed by atoms with E-state index in [0.29, 0.717) is 6.61 Å². The van der Waals surface area contributed by atoms with E-state index >= 15 is 0 Å². The van der Waals surface area contributed by atoms with Crippen molar-refractivity contribution in [1.82, 2.24) is 4.90 Å². The lowest BCUT2D eigenvalue weighted by Gasteiger charge is -2.59. The molecule has 7 heteroatoms. The monoisotopic (exact) mass is 379 g/mol. The predicted octanol–water partition coefficient (Wildman–Crippen LogP) is 1.70. The van der Waals surface area contributed by atoms with Crippen LogP contribution in [0.25, 0.3) is 0 Å². The highest BCUT2D eigenvalue weighted by molar-refractivity contribution is 6.00. The number of nitro groups is 1. The number of hydrogen-bond donors (Lipinski definition) is 0. The van der Waals surface area contributed by atoms with Gasteiger partial charge in [-0.3, -0.25) is 19.8 Å². The number of para-hydroxylation sites is 1. The predicted molar refractivity (Wildman–Crippen MR) is 99.3 cm³/mol. The Morgan fingerprint density at radius 2 is 2.14 bits per heavy atom. The van der Waals surface area contributed by atoms with E-state index < -0.39 is 11.1 Å². The molecule has 1 aliphatic carbocycles. The largest absolute Gasteiger partial charge is 0.373 e. The number of carbonyl (C=O) groups is 1. The Bertz CT molecular complexity index is 992. The van der Waals surface area contributed by atoms with Crippen LogP contribution in [0.2, 0.25) is 0 Å². The molecule has 1 aromatic rings. The van der Waals surface area contributed by atoms with Gasteiger partial charge >= 0.3 is 5.66 Å². The van der Waals surface area contributed by atoms with Crippen molar-refractivity contribution < 1.29 is 14.5 Å². The first-order chi connectivity index (χ1) is 13.6. The summed E-state index contributed by atoms with van der Waals surface area (Å²) in [6.07, 6.45) is 3.64. The average molecular weight is 379 g/mol. The SMILES string of the molecule is O=C1CC2OCC=C3CN4CC[C@]56c7ccccc7N1C5([N+](=O)[O-])[C@H]2[C@H]3C[C@H]46. The molecular weight excluding hydrogens is 358 g/mol. The van der Waals surface area contributed by atoms with Crippen LogP contribution in [0.1, 0.15) is 24.8 Å². The van der Waals surface area contributed by atoms with Gasteiger partial charge in [-0.25, -0.2) is 4.90 Å². The zero-order valence-corrected chi connectivity index (χ0v) is 15.4. The van der Waals surface area contributed by atoms with Gasteiger partial charge in [-0.1, -0.05) is 29.8 Å². The Kier molecular flexibility index (Phi) is 2.60. The summed E-state index contributed by atoms with van der Waals surface area (Å²) >= 11 is 0. The standard InChI is InChI=1S/C21H21N3O4/c25-18-10-16-19-13-9-17-20(6-7-22(17)11-12(13)5-8-28-16)14-3-1-2-4-15(14)23(18)21(19,20)24(26)27/h1-5,13,16-17,19H,6-11H2/t13-,16?,17-,19-,20+,21?/m0/s1. The second kappa shape index (κ2) is 4.66. The minimum Gasteiger partial charge on any atom is -0.373 e. The number of amides is 1. The number of nitrogens with zero attached hydrogens (tertiary/aromatic N) is 3. The van der Waals surface area contributed by atoms with Crippen LogP contribution in [-0.4, -0.2) is 53.2 Å². The van der Waals surface area contributed by atoms with E-state index in [-0.39, 0.29) is 41.2 Å². The summed E-state index contributed by atoms with van der Waals surface area (Å²) in [6, 6.07) is 7.91. The highest BCUT2D eigenvalue weighted by atomic mass is 16.6. The Morgan fingerprint density at radius 3 is 3.00 bits per heavy atom. The average Bonchev–Trinajstić information content (AvgIpc) is 3.14. The van der Waals surface area contributed by atoms with Crippen molar-refractivity contribution in [3.05, 3.63) is 51.6 Å². The van der Waals surface area contributed by atoms with E-state index in [0.717, 1.165) is 37.2 Å². The van der Waals surface area contributed by atoms with Gasteiger partial charge in [-0.05, 0) is 30.4 Å². The third kappa shape index (κ3) is 1.34. The summed E-state index contributed by atoms with van der Waals surface area (Å²) in [6.45, 7) is 2.18. The summed E-state index contributed by atoms with van der Waals surface area (Å²) in [4.78, 5) is 30.4. The first-order valence-corrected chi connectivity index (χ1v) is 10.2. The second-order valence-corrected chi connectivity index (χ2v) is 9.16. The van der Waals surface area contributed by atoms with E-state index in [9.17, 15) is 14.9 Å². The van der Waals surface area contributed by atoms with Crippen LogP contribution in [-0.2, 0) is 14.9 Å². The van der Waals surface area contributed by atoms with Crippen LogP contribution in [0, 0.1) is 22.0 Å². The normalized spacial score (nSPS) is 44.8. The molecule has 7 nitrogen and oxygen atoms in total. The molecule has 3 saturated heterocycles. The van der Waals surface area contributed by atoms with Crippen molar-refractivity contribution in [2.45, 2.75) is 42.5 Å². The fraction of sp³-hybridized carbons (Fsp3) is 0.571. The highest BCUT2D eigenvalue weighted by Gasteiger charge is 2.85. The van der Waals surface area contributed by atoms with Crippen molar-refractivity contribution in [1.29, 1.82) is 0 Å². The van der Waals surface area contributed by atoms with Gasteiger partial charge in [0.1, 0.15) is 5.41 Å². The van der Waals surface area contributed by atoms with E-state index in [1.165, 1.54) is 5.57 Å². The number of fused-ring (bicyclic) bond motifs is 2. The molecule has 0 N–H and O–H groups in total. The maximum atomic E-state index is 13.4. The van der Waals surface area contributed by atoms with Crippen LogP contribution in [0.3, 0.4) is 0 Å². The molecule has 1 aromatic carbocycles. The Labute approximate surface area is 162 Å². The van der Waals surface area contributed by atoms with Crippen LogP contribution >= 0.6 is 0 Å². The van der Waals surface area contributed by atoms with Crippen LogP contribution in [0.15, 0.2) is 35.9 Å². The summed E-state index contributed by atoms with van der Waals surface area (Å²) in [7, 11) is 0. The lowest BCUT2D eigenvalue weighted by atomic mass is 9.50. The molecule has 2 bridgehead atoms. The summed E-state index contributed by atoms with van der Waals surface area (Å²) in [5, 5.41) is 13.1. The fourth-order valence-electron chi connectivity index (χ4n) is 7.97. The zero-order valence-electron chi connectivity index (χ0n) is 15.4. The van der Waals surface area contributed by atoms with Gasteiger partial charge in [0.2, 0.25) is 5.91 Å². The van der Waals surface area contributed by atoms with Gasteiger partial charge in [0.05, 0.1) is 35.7 Å². The van der Waals surface area contributed by atoms with Gasteiger partial charge < -0.3 is 4.74 Å². The molecule has 4 fully saturated rings. The summed E-state index contributed by atoms with van der Waals surface area (Å²) in [5.41, 5.74) is 0.950. The molecule has 1 spiro atoms. The summed E-state index contributed by atoms with van der Waals surface area (Å²) < 4.78 is 6.12. The number of anilines is 1. The van der Waals surface area contributed by atoms with E-state index in [1.54, 1.807) is 4.90 Å². The van der Waals surface area contributed by atoms with Gasteiger partial charge in [-0.2, -0.15) is 0 Å². The number of benzene rings is 1. The van der Waals surface area contributed by atoms with Crippen molar-refractivity contribution in [3.8, 4) is 0 Å². The maximum absolute atomic E-state index is 13.4. The first-order valence-electron chi connectivity index (χ1n) is 10.2. The molecule has 2 unspecified atom stereocenters. The molecule has 28 heavy (non-hydrogen) atoms. The zero-order chi connectivity index (χ0) is 18.8. The molecule has 1 saturated carbocycles. The molecule has 0 radical (unpaired) electrons. The molecule has 5 heterocycles. The number of rotatable bonds is 1. The third-order valence-corrected chi connectivity index (χ3v) is 8.62. The number of hydrogen-bond acceptors (Lipinski definition) is 5. The van der Waals surface area contributed by atoms with Crippen molar-refractivity contribution >= 4 is 11.6 Å². The first kappa shape index (κ1) is 15.6. The quantitative estimate of drug-likeness (QED) is 0.422. The van der Waals surface area contributed by atoms with Crippen LogP contribution < -0.4 is 4.90 Å². The number of carbonyl (C=O) groups excluding carboxylic acids is 1. The molecule has 6 aliphatic rings. The highest BCUT2D eigenvalue weighted by Crippen LogP contribution is 2.70. The minimum absolute atomic E-state index is 0.0952. The lowest BCUT2D eigenvalue weighted by molar-refractivity contribution is -0.602. The van der Waals surface area contributed by atoms with Crippen LogP contribution in [0.5, 0.6) is 0 Å². The molecule has 0 aromatic heterocycles. The maximum Gasteiger partial charge on any atom is 0.319 e. The topological polar surface area (TPSA) is 75.9 Å². The van der Waals surface area contributed by atoms with Gasteiger partial charge in [-0.15, -0.1) is 0 Å². The Morgan fingerprint density at radius 1 is 1.29 bits per heavy atom. The molecule has 6 atom stereocenters. The van der Waals surface area contributed by atoms with Crippen molar-refractivity contribution in [2.24, 2.45) is 11.8 Å². The lowest BCUT2D eigenvalue weighted by Crippen LogP contribution is -2.80. The Hall–Kier alpha value is -2.25. The van der Waals surface area contributed by atoms with Crippen molar-refractivity contribution in [2.75, 3.05) is 24.6 Å². The third-order valence-electron chi connectivity index (χ3n) is 8.62. The van der Waals surface area contributed by atoms with Gasteiger partial charge in [0, 0.05) is 19.1 Å². The second-order valence-electron chi connectivity index (χ2n) is 9.16. The Balaban J connectivity index is 1.64. The van der Waals surface area contributed by atoms with Gasteiger partial charge in [0.15, 0.2) is 0 Å². The summed E-state index contributed by atoms with van der Waals surface area (Å²) in [5.74, 6) is -0.336. The molecule has 144 valence electrons. The smallest absolute Gasteiger partial charge is 0.319 e. The van der Waals surface area contributed by atoms with E-state index in [1.807, 2.05) is 24.3 Å². The molecular formula is C21H21N3O4. The molecule has 5 aliphatic heterocycles. The molecule has 1 amide bonds. The number of piperidine rings is 2. The molecule has 7 rings (SSSR count). The van der Waals surface area contributed by atoms with Gasteiger partial charge in [0.25, 0.3) is 0 Å². The number of ether oxygens (including phenoxy) is 1. The van der Waals surface area contributed by atoms with Crippen molar-refractivity contribution in [3.63, 3.8) is 0 Å².